The Morgan fingerprint density at radius 1 is 1.50 bits per heavy atom. The molecule has 0 aromatic carbocycles. The van der Waals surface area contributed by atoms with E-state index in [2.05, 4.69) is 27.9 Å². The van der Waals surface area contributed by atoms with E-state index >= 15 is 0 Å². The van der Waals surface area contributed by atoms with Gasteiger partial charge in [-0.1, -0.05) is 15.9 Å². The largest absolute Gasteiger partial charge is 0.395 e. The Balaban J connectivity index is 2.51. The van der Waals surface area contributed by atoms with E-state index in [4.69, 9.17) is 5.11 Å². The minimum atomic E-state index is 0.0559. The zero-order valence-electron chi connectivity index (χ0n) is 9.86. The van der Waals surface area contributed by atoms with Gasteiger partial charge in [0.05, 0.1) is 6.61 Å². The van der Waals surface area contributed by atoms with Crippen molar-refractivity contribution in [3.63, 3.8) is 0 Å². The van der Waals surface area contributed by atoms with E-state index in [1.807, 2.05) is 4.90 Å². The Bertz CT molecular complexity index is 218. The summed E-state index contributed by atoms with van der Waals surface area (Å²) in [6.07, 6.45) is 2.56. The Morgan fingerprint density at radius 3 is 2.62 bits per heavy atom. The average molecular weight is 293 g/mol. The lowest BCUT2D eigenvalue weighted by Gasteiger charge is -2.37. The van der Waals surface area contributed by atoms with Crippen molar-refractivity contribution in [2.24, 2.45) is 0 Å². The van der Waals surface area contributed by atoms with Crippen molar-refractivity contribution in [2.45, 2.75) is 25.3 Å². The third-order valence-corrected chi connectivity index (χ3v) is 3.49. The lowest BCUT2D eigenvalue weighted by atomic mass is 10.0. The minimum Gasteiger partial charge on any atom is -0.395 e. The lowest BCUT2D eigenvalue weighted by molar-refractivity contribution is -0.134. The molecule has 0 aromatic heterocycles. The molecular weight excluding hydrogens is 272 g/mol. The number of carbonyl (C=O) groups excluding carboxylic acids is 1. The SMILES string of the molecule is CN1CCC(N(CCO)C(=O)CCBr)CC1. The maximum Gasteiger partial charge on any atom is 0.223 e. The molecule has 1 amide bonds. The standard InChI is InChI=1S/C11H21BrN2O2/c1-13-6-3-10(4-7-13)14(8-9-15)11(16)2-5-12/h10,15H,2-9H2,1H3. The fourth-order valence-corrected chi connectivity index (χ4v) is 2.49. The first-order valence-corrected chi connectivity index (χ1v) is 6.96. The van der Waals surface area contributed by atoms with Crippen molar-refractivity contribution in [3.8, 4) is 0 Å². The van der Waals surface area contributed by atoms with E-state index in [1.165, 1.54) is 0 Å². The van der Waals surface area contributed by atoms with Gasteiger partial charge in [0.15, 0.2) is 0 Å². The molecule has 1 heterocycles. The highest BCUT2D eigenvalue weighted by Crippen LogP contribution is 2.16. The van der Waals surface area contributed by atoms with Gasteiger partial charge in [0.1, 0.15) is 0 Å². The monoisotopic (exact) mass is 292 g/mol. The normalized spacial score (nSPS) is 18.7. The molecule has 0 bridgehead atoms. The summed E-state index contributed by atoms with van der Waals surface area (Å²) in [6, 6.07) is 0.315. The molecule has 4 nitrogen and oxygen atoms in total. The quantitative estimate of drug-likeness (QED) is 0.758. The second-order valence-corrected chi connectivity index (χ2v) is 5.08. The average Bonchev–Trinajstić information content (AvgIpc) is 2.28. The molecule has 0 radical (unpaired) electrons. The molecule has 0 spiro atoms. The van der Waals surface area contributed by atoms with Gasteiger partial charge in [0, 0.05) is 24.3 Å². The van der Waals surface area contributed by atoms with Gasteiger partial charge < -0.3 is 14.9 Å². The van der Waals surface area contributed by atoms with Crippen LogP contribution in [0.3, 0.4) is 0 Å². The molecule has 1 aliphatic heterocycles. The van der Waals surface area contributed by atoms with Gasteiger partial charge in [-0.2, -0.15) is 0 Å². The number of aliphatic hydroxyl groups excluding tert-OH is 1. The highest BCUT2D eigenvalue weighted by Gasteiger charge is 2.25. The number of aliphatic hydroxyl groups is 1. The number of carbonyl (C=O) groups is 1. The van der Waals surface area contributed by atoms with Gasteiger partial charge in [-0.05, 0) is 33.0 Å². The Hall–Kier alpha value is -0.130. The Kier molecular flexibility index (Phi) is 6.31. The molecule has 94 valence electrons. The zero-order valence-corrected chi connectivity index (χ0v) is 11.4. The number of likely N-dealkylation sites (tertiary alicyclic amines) is 1. The van der Waals surface area contributed by atoms with Crippen LogP contribution in [0.25, 0.3) is 0 Å². The smallest absolute Gasteiger partial charge is 0.223 e. The molecule has 5 heteroatoms. The molecule has 0 aliphatic carbocycles. The second kappa shape index (κ2) is 7.25. The van der Waals surface area contributed by atoms with E-state index < -0.39 is 0 Å². The molecule has 16 heavy (non-hydrogen) atoms. The second-order valence-electron chi connectivity index (χ2n) is 4.28. The number of nitrogens with zero attached hydrogens (tertiary/aromatic N) is 2. The van der Waals surface area contributed by atoms with Crippen molar-refractivity contribution in [3.05, 3.63) is 0 Å². The summed E-state index contributed by atoms with van der Waals surface area (Å²) in [7, 11) is 2.10. The van der Waals surface area contributed by atoms with Crippen LogP contribution in [0.15, 0.2) is 0 Å². The first-order chi connectivity index (χ1) is 7.69. The molecule has 1 rings (SSSR count). The number of hydrogen-bond acceptors (Lipinski definition) is 3. The Labute approximate surface area is 106 Å². The number of rotatable bonds is 5. The molecule has 0 saturated carbocycles. The summed E-state index contributed by atoms with van der Waals surface area (Å²) in [4.78, 5) is 16.0. The molecule has 1 aliphatic rings. The summed E-state index contributed by atoms with van der Waals surface area (Å²) < 4.78 is 0. The molecule has 1 N–H and O–H groups in total. The zero-order chi connectivity index (χ0) is 12.0. The van der Waals surface area contributed by atoms with Crippen molar-refractivity contribution >= 4 is 21.8 Å². The summed E-state index contributed by atoms with van der Waals surface area (Å²) >= 11 is 3.28. The highest BCUT2D eigenvalue weighted by molar-refractivity contribution is 9.09. The van der Waals surface area contributed by atoms with Crippen LogP contribution in [0.4, 0.5) is 0 Å². The maximum absolute atomic E-state index is 11.9. The van der Waals surface area contributed by atoms with Gasteiger partial charge in [-0.25, -0.2) is 0 Å². The number of amides is 1. The lowest BCUT2D eigenvalue weighted by Crippen LogP contribution is -2.47. The Morgan fingerprint density at radius 2 is 2.12 bits per heavy atom. The van der Waals surface area contributed by atoms with Crippen LogP contribution < -0.4 is 0 Å². The van der Waals surface area contributed by atoms with Crippen LogP contribution in [-0.4, -0.2) is 65.5 Å². The van der Waals surface area contributed by atoms with Crippen LogP contribution in [-0.2, 0) is 4.79 Å². The maximum atomic E-state index is 11.9. The first kappa shape index (κ1) is 13.9. The number of alkyl halides is 1. The molecule has 1 saturated heterocycles. The van der Waals surface area contributed by atoms with Crippen molar-refractivity contribution in [1.29, 1.82) is 0 Å². The third-order valence-electron chi connectivity index (χ3n) is 3.10. The van der Waals surface area contributed by atoms with Gasteiger partial charge in [-0.15, -0.1) is 0 Å². The third kappa shape index (κ3) is 4.03. The van der Waals surface area contributed by atoms with Crippen LogP contribution in [0, 0.1) is 0 Å². The van der Waals surface area contributed by atoms with Crippen LogP contribution in [0.1, 0.15) is 19.3 Å². The van der Waals surface area contributed by atoms with Gasteiger partial charge >= 0.3 is 0 Å². The van der Waals surface area contributed by atoms with Gasteiger partial charge in [0.25, 0.3) is 0 Å². The summed E-state index contributed by atoms with van der Waals surface area (Å²) in [5, 5.41) is 9.72. The van der Waals surface area contributed by atoms with Crippen LogP contribution in [0.5, 0.6) is 0 Å². The molecule has 1 fully saturated rings. The predicted octanol–water partition coefficient (Wildman–Crippen LogP) is 0.686. The molecular formula is C11H21BrN2O2. The first-order valence-electron chi connectivity index (χ1n) is 5.84. The minimum absolute atomic E-state index is 0.0559. The number of hydrogen-bond donors (Lipinski definition) is 1. The van der Waals surface area contributed by atoms with Crippen molar-refractivity contribution < 1.29 is 9.90 Å². The van der Waals surface area contributed by atoms with E-state index in [0.717, 1.165) is 25.9 Å². The van der Waals surface area contributed by atoms with Gasteiger partial charge in [-0.3, -0.25) is 4.79 Å². The van der Waals surface area contributed by atoms with Crippen molar-refractivity contribution in [2.75, 3.05) is 38.6 Å². The molecule has 0 atom stereocenters. The topological polar surface area (TPSA) is 43.8 Å². The predicted molar refractivity (Wildman–Crippen MR) is 67.7 cm³/mol. The van der Waals surface area contributed by atoms with E-state index in [9.17, 15) is 4.79 Å². The summed E-state index contributed by atoms with van der Waals surface area (Å²) in [6.45, 7) is 2.60. The fraction of sp³-hybridized carbons (Fsp3) is 0.909. The van der Waals surface area contributed by atoms with Crippen LogP contribution in [0.2, 0.25) is 0 Å². The number of halogens is 1. The molecule has 0 aromatic rings. The van der Waals surface area contributed by atoms with E-state index in [1.54, 1.807) is 0 Å². The highest BCUT2D eigenvalue weighted by atomic mass is 79.9. The van der Waals surface area contributed by atoms with Crippen LogP contribution >= 0.6 is 15.9 Å². The fourth-order valence-electron chi connectivity index (χ4n) is 2.15. The van der Waals surface area contributed by atoms with E-state index in [-0.39, 0.29) is 12.5 Å². The van der Waals surface area contributed by atoms with Gasteiger partial charge in [0.2, 0.25) is 5.91 Å². The van der Waals surface area contributed by atoms with Crippen molar-refractivity contribution in [1.82, 2.24) is 9.80 Å². The van der Waals surface area contributed by atoms with E-state index in [0.29, 0.717) is 24.3 Å². The summed E-state index contributed by atoms with van der Waals surface area (Å²) in [5.74, 6) is 0.153. The number of piperidine rings is 1. The molecule has 0 unspecified atom stereocenters. The summed E-state index contributed by atoms with van der Waals surface area (Å²) in [5.41, 5.74) is 0.